The molecule has 3 N–H and O–H groups in total. The second kappa shape index (κ2) is 8.75. The molecule has 0 spiro atoms. The van der Waals surface area contributed by atoms with Crippen molar-refractivity contribution in [2.45, 2.75) is 6.42 Å². The predicted molar refractivity (Wildman–Crippen MR) is 131 cm³/mol. The number of carbonyl (C=O) groups is 1. The number of hydrogen-bond donors (Lipinski definition) is 2. The lowest BCUT2D eigenvalue weighted by molar-refractivity contribution is -0.115. The van der Waals surface area contributed by atoms with Crippen molar-refractivity contribution in [1.29, 1.82) is 0 Å². The molecule has 2 aliphatic rings. The number of nitrogens with two attached hydrogens (primary N) is 1. The third-order valence-corrected chi connectivity index (χ3v) is 6.57. The first-order chi connectivity index (χ1) is 17.4. The normalized spacial score (nSPS) is 15.9. The Kier molecular flexibility index (Phi) is 5.40. The number of piperazine rings is 1. The number of likely N-dealkylation sites (N-methyl/N-ethyl adjacent to an activating group) is 1. The zero-order valence-corrected chi connectivity index (χ0v) is 19.7. The summed E-state index contributed by atoms with van der Waals surface area (Å²) in [6, 6.07) is 6.75. The molecular weight excluding hydrogens is 467 g/mol. The SMILES string of the molecule is CN(CCN1CCN(c2cc3c(cc2F)NC(=O)C3)CC1)c1nc(N)n2nc(-c3ccco3)nc2n1. The van der Waals surface area contributed by atoms with Gasteiger partial charge in [-0.25, -0.2) is 4.39 Å². The second-order valence-electron chi connectivity index (χ2n) is 8.94. The Labute approximate surface area is 205 Å². The highest BCUT2D eigenvalue weighted by molar-refractivity contribution is 5.99. The van der Waals surface area contributed by atoms with Crippen LogP contribution in [0.4, 0.5) is 27.7 Å². The van der Waals surface area contributed by atoms with E-state index in [-0.39, 0.29) is 17.7 Å². The van der Waals surface area contributed by atoms with Crippen LogP contribution in [0.5, 0.6) is 0 Å². The van der Waals surface area contributed by atoms with E-state index in [0.29, 0.717) is 60.7 Å². The summed E-state index contributed by atoms with van der Waals surface area (Å²) in [6.07, 6.45) is 1.85. The van der Waals surface area contributed by atoms with Crippen molar-refractivity contribution in [2.75, 3.05) is 67.2 Å². The topological polar surface area (TPSA) is 134 Å². The lowest BCUT2D eigenvalue weighted by Crippen LogP contribution is -2.48. The van der Waals surface area contributed by atoms with Crippen molar-refractivity contribution in [1.82, 2.24) is 29.5 Å². The summed E-state index contributed by atoms with van der Waals surface area (Å²) in [5, 5.41) is 7.01. The van der Waals surface area contributed by atoms with Gasteiger partial charge >= 0.3 is 0 Å². The van der Waals surface area contributed by atoms with Gasteiger partial charge in [-0.2, -0.15) is 19.5 Å². The lowest BCUT2D eigenvalue weighted by Gasteiger charge is -2.37. The molecule has 0 unspecified atom stereocenters. The fourth-order valence-corrected chi connectivity index (χ4v) is 4.56. The van der Waals surface area contributed by atoms with Gasteiger partial charge in [0.15, 0.2) is 5.76 Å². The average molecular weight is 493 g/mol. The van der Waals surface area contributed by atoms with E-state index in [2.05, 4.69) is 30.3 Å². The molecule has 0 bridgehead atoms. The van der Waals surface area contributed by atoms with Crippen molar-refractivity contribution in [3.63, 3.8) is 0 Å². The number of nitrogens with one attached hydrogen (secondary N) is 1. The smallest absolute Gasteiger partial charge is 0.259 e. The Morgan fingerprint density at radius 1 is 1.19 bits per heavy atom. The van der Waals surface area contributed by atoms with E-state index in [1.165, 1.54) is 10.6 Å². The van der Waals surface area contributed by atoms with Crippen molar-refractivity contribution in [2.24, 2.45) is 0 Å². The average Bonchev–Trinajstić information content (AvgIpc) is 3.61. The van der Waals surface area contributed by atoms with Crippen LogP contribution in [0.2, 0.25) is 0 Å². The maximum atomic E-state index is 14.7. The Hall–Kier alpha value is -4.26. The molecule has 1 aromatic carbocycles. The monoisotopic (exact) mass is 492 g/mol. The molecule has 1 fully saturated rings. The number of benzene rings is 1. The highest BCUT2D eigenvalue weighted by atomic mass is 19.1. The summed E-state index contributed by atoms with van der Waals surface area (Å²) in [6.45, 7) is 4.45. The minimum Gasteiger partial charge on any atom is -0.461 e. The van der Waals surface area contributed by atoms with Gasteiger partial charge in [0.05, 0.1) is 18.4 Å². The molecule has 0 saturated carbocycles. The molecule has 13 heteroatoms. The van der Waals surface area contributed by atoms with Gasteiger partial charge < -0.3 is 25.3 Å². The summed E-state index contributed by atoms with van der Waals surface area (Å²) < 4.78 is 21.4. The van der Waals surface area contributed by atoms with Crippen molar-refractivity contribution in [3.8, 4) is 11.6 Å². The summed E-state index contributed by atoms with van der Waals surface area (Å²) in [4.78, 5) is 31.2. The Morgan fingerprint density at radius 2 is 2.03 bits per heavy atom. The van der Waals surface area contributed by atoms with E-state index in [0.717, 1.165) is 25.2 Å². The maximum Gasteiger partial charge on any atom is 0.259 e. The molecule has 186 valence electrons. The molecule has 4 aromatic rings. The first-order valence-electron chi connectivity index (χ1n) is 11.7. The summed E-state index contributed by atoms with van der Waals surface area (Å²) >= 11 is 0. The number of amides is 1. The number of furan rings is 1. The van der Waals surface area contributed by atoms with Gasteiger partial charge in [-0.05, 0) is 29.8 Å². The standard InChI is InChI=1S/C23H25FN10O2/c1-31(22-28-21(25)34-23(29-22)27-20(30-34)18-3-2-10-36-18)4-5-32-6-8-33(9-7-32)17-11-14-12-19(35)26-16(14)13-15(17)24/h2-3,10-11,13H,4-9,12H2,1H3,(H,26,35)(H2,25,27,28,29,30). The summed E-state index contributed by atoms with van der Waals surface area (Å²) in [5.41, 5.74) is 8.09. The van der Waals surface area contributed by atoms with E-state index in [9.17, 15) is 9.18 Å². The Morgan fingerprint density at radius 3 is 2.81 bits per heavy atom. The van der Waals surface area contributed by atoms with Crippen LogP contribution in [-0.2, 0) is 11.2 Å². The van der Waals surface area contributed by atoms with Crippen molar-refractivity contribution in [3.05, 3.63) is 41.9 Å². The van der Waals surface area contributed by atoms with Gasteiger partial charge in [0.2, 0.25) is 23.6 Å². The quantitative estimate of drug-likeness (QED) is 0.405. The third kappa shape index (κ3) is 4.06. The van der Waals surface area contributed by atoms with Crippen LogP contribution in [0.25, 0.3) is 17.4 Å². The van der Waals surface area contributed by atoms with Crippen LogP contribution in [0.3, 0.4) is 0 Å². The molecule has 2 aliphatic heterocycles. The number of halogens is 1. The van der Waals surface area contributed by atoms with Gasteiger partial charge in [-0.15, -0.1) is 5.10 Å². The van der Waals surface area contributed by atoms with Gasteiger partial charge in [0, 0.05) is 52.0 Å². The van der Waals surface area contributed by atoms with E-state index < -0.39 is 0 Å². The molecule has 5 heterocycles. The number of nitrogen functional groups attached to an aromatic ring is 1. The van der Waals surface area contributed by atoms with Crippen LogP contribution in [0, 0.1) is 5.82 Å². The number of rotatable bonds is 6. The summed E-state index contributed by atoms with van der Waals surface area (Å²) in [5.74, 6) is 1.51. The van der Waals surface area contributed by atoms with E-state index in [4.69, 9.17) is 10.2 Å². The maximum absolute atomic E-state index is 14.7. The van der Waals surface area contributed by atoms with Crippen LogP contribution in [0.15, 0.2) is 34.9 Å². The van der Waals surface area contributed by atoms with Crippen molar-refractivity contribution >= 4 is 35.0 Å². The molecular formula is C23H25FN10O2. The zero-order chi connectivity index (χ0) is 24.8. The van der Waals surface area contributed by atoms with Crippen LogP contribution in [0.1, 0.15) is 5.56 Å². The molecule has 12 nitrogen and oxygen atoms in total. The molecule has 1 saturated heterocycles. The number of aromatic nitrogens is 5. The minimum absolute atomic E-state index is 0.0950. The Balaban J connectivity index is 1.07. The molecule has 3 aromatic heterocycles. The van der Waals surface area contributed by atoms with Crippen LogP contribution in [-0.4, -0.2) is 81.7 Å². The van der Waals surface area contributed by atoms with Gasteiger partial charge in [0.25, 0.3) is 5.78 Å². The highest BCUT2D eigenvalue weighted by Gasteiger charge is 2.25. The van der Waals surface area contributed by atoms with E-state index >= 15 is 0 Å². The number of hydrogen-bond acceptors (Lipinski definition) is 10. The molecule has 6 rings (SSSR count). The molecule has 0 atom stereocenters. The summed E-state index contributed by atoms with van der Waals surface area (Å²) in [7, 11) is 1.90. The molecule has 0 radical (unpaired) electrons. The zero-order valence-electron chi connectivity index (χ0n) is 19.7. The van der Waals surface area contributed by atoms with Gasteiger partial charge in [-0.1, -0.05) is 0 Å². The fraction of sp³-hybridized carbons (Fsp3) is 0.348. The largest absolute Gasteiger partial charge is 0.461 e. The number of fused-ring (bicyclic) bond motifs is 2. The predicted octanol–water partition coefficient (Wildman–Crippen LogP) is 1.25. The van der Waals surface area contributed by atoms with Gasteiger partial charge in [0.1, 0.15) is 5.82 Å². The van der Waals surface area contributed by atoms with Crippen LogP contribution >= 0.6 is 0 Å². The molecule has 1 amide bonds. The first kappa shape index (κ1) is 22.2. The minimum atomic E-state index is -0.307. The number of anilines is 4. The Bertz CT molecular complexity index is 1430. The van der Waals surface area contributed by atoms with Crippen LogP contribution < -0.4 is 20.9 Å². The lowest BCUT2D eigenvalue weighted by atomic mass is 10.1. The highest BCUT2D eigenvalue weighted by Crippen LogP contribution is 2.31. The second-order valence-corrected chi connectivity index (χ2v) is 8.94. The van der Waals surface area contributed by atoms with Gasteiger partial charge in [-0.3, -0.25) is 9.69 Å². The van der Waals surface area contributed by atoms with Crippen molar-refractivity contribution < 1.29 is 13.6 Å². The number of carbonyl (C=O) groups excluding carboxylic acids is 1. The molecule has 36 heavy (non-hydrogen) atoms. The third-order valence-electron chi connectivity index (χ3n) is 6.57. The fourth-order valence-electron chi connectivity index (χ4n) is 4.56. The number of nitrogens with zero attached hydrogens (tertiary/aromatic N) is 8. The molecule has 0 aliphatic carbocycles. The van der Waals surface area contributed by atoms with E-state index in [1.807, 2.05) is 16.8 Å². The van der Waals surface area contributed by atoms with E-state index in [1.54, 1.807) is 24.5 Å². The first-order valence-corrected chi connectivity index (χ1v) is 11.7.